The number of aryl methyl sites for hydroxylation is 1. The lowest BCUT2D eigenvalue weighted by Gasteiger charge is -2.10. The Morgan fingerprint density at radius 3 is 2.33 bits per heavy atom. The molecule has 0 radical (unpaired) electrons. The average molecular weight is 339 g/mol. The maximum Gasteiger partial charge on any atom is 0.195 e. The lowest BCUT2D eigenvalue weighted by atomic mass is 10.1. The quantitative estimate of drug-likeness (QED) is 0.628. The fourth-order valence-electron chi connectivity index (χ4n) is 2.52. The van der Waals surface area contributed by atoms with Crippen LogP contribution in [0.2, 0.25) is 0 Å². The van der Waals surface area contributed by atoms with Gasteiger partial charge in [-0.1, -0.05) is 48.5 Å². The predicted octanol–water partition coefficient (Wildman–Crippen LogP) is 4.29. The molecule has 1 aromatic heterocycles. The first kappa shape index (κ1) is 16.6. The lowest BCUT2D eigenvalue weighted by Crippen LogP contribution is -2.04. The summed E-state index contributed by atoms with van der Waals surface area (Å²) >= 11 is 1.71. The second-order valence-electron chi connectivity index (χ2n) is 5.53. The molecule has 124 valence electrons. The Bertz CT molecular complexity index is 794. The summed E-state index contributed by atoms with van der Waals surface area (Å²) in [5.74, 6) is 2.77. The van der Waals surface area contributed by atoms with Crippen LogP contribution in [0, 0.1) is 6.92 Å². The SMILES string of the molecule is CCSc1nnc(Cc2ccc(OC)cc2)n1-c1ccc(C)cc1. The topological polar surface area (TPSA) is 39.9 Å². The van der Waals surface area contributed by atoms with Crippen molar-refractivity contribution >= 4 is 11.8 Å². The standard InChI is InChI=1S/C19H21N3OS/c1-4-24-19-21-20-18(13-15-7-11-17(23-3)12-8-15)22(19)16-9-5-14(2)6-10-16/h5-12H,4,13H2,1-3H3. The van der Waals surface area contributed by atoms with Gasteiger partial charge < -0.3 is 4.74 Å². The number of ether oxygens (including phenoxy) is 1. The molecule has 5 heteroatoms. The van der Waals surface area contributed by atoms with Gasteiger partial charge in [-0.3, -0.25) is 4.57 Å². The molecule has 0 bridgehead atoms. The number of methoxy groups -OCH3 is 1. The van der Waals surface area contributed by atoms with Gasteiger partial charge in [0, 0.05) is 12.1 Å². The van der Waals surface area contributed by atoms with Crippen molar-refractivity contribution in [1.82, 2.24) is 14.8 Å². The molecule has 0 saturated heterocycles. The van der Waals surface area contributed by atoms with Crippen LogP contribution in [0.1, 0.15) is 23.9 Å². The van der Waals surface area contributed by atoms with Crippen molar-refractivity contribution in [2.75, 3.05) is 12.9 Å². The molecule has 0 aliphatic heterocycles. The van der Waals surface area contributed by atoms with Crippen LogP contribution in [0.4, 0.5) is 0 Å². The van der Waals surface area contributed by atoms with Gasteiger partial charge in [-0.25, -0.2) is 0 Å². The van der Waals surface area contributed by atoms with Crippen molar-refractivity contribution in [3.8, 4) is 11.4 Å². The van der Waals surface area contributed by atoms with Crippen LogP contribution in [0.15, 0.2) is 53.7 Å². The van der Waals surface area contributed by atoms with Gasteiger partial charge in [0.1, 0.15) is 11.6 Å². The van der Waals surface area contributed by atoms with E-state index < -0.39 is 0 Å². The molecule has 0 spiro atoms. The number of rotatable bonds is 6. The molecule has 0 fully saturated rings. The predicted molar refractivity (Wildman–Crippen MR) is 98.3 cm³/mol. The zero-order valence-electron chi connectivity index (χ0n) is 14.2. The minimum atomic E-state index is 0.731. The first-order chi connectivity index (χ1) is 11.7. The highest BCUT2D eigenvalue weighted by atomic mass is 32.2. The third-order valence-electron chi connectivity index (χ3n) is 3.79. The third kappa shape index (κ3) is 3.62. The summed E-state index contributed by atoms with van der Waals surface area (Å²) in [6.07, 6.45) is 0.731. The van der Waals surface area contributed by atoms with E-state index in [0.717, 1.165) is 34.6 Å². The summed E-state index contributed by atoms with van der Waals surface area (Å²) < 4.78 is 7.37. The Morgan fingerprint density at radius 1 is 1.00 bits per heavy atom. The molecule has 3 rings (SSSR count). The number of thioether (sulfide) groups is 1. The molecule has 3 aromatic rings. The van der Waals surface area contributed by atoms with E-state index >= 15 is 0 Å². The Hall–Kier alpha value is -2.27. The summed E-state index contributed by atoms with van der Waals surface area (Å²) in [6.45, 7) is 4.22. The smallest absolute Gasteiger partial charge is 0.195 e. The van der Waals surface area contributed by atoms with Crippen molar-refractivity contribution in [3.05, 3.63) is 65.5 Å². The van der Waals surface area contributed by atoms with Crippen LogP contribution in [-0.4, -0.2) is 27.6 Å². The number of benzene rings is 2. The Labute approximate surface area is 146 Å². The number of hydrogen-bond acceptors (Lipinski definition) is 4. The monoisotopic (exact) mass is 339 g/mol. The number of aromatic nitrogens is 3. The molecule has 4 nitrogen and oxygen atoms in total. The summed E-state index contributed by atoms with van der Waals surface area (Å²) in [4.78, 5) is 0. The minimum absolute atomic E-state index is 0.731. The molecule has 0 unspecified atom stereocenters. The third-order valence-corrected chi connectivity index (χ3v) is 4.60. The van der Waals surface area contributed by atoms with Gasteiger partial charge in [0.15, 0.2) is 5.16 Å². The van der Waals surface area contributed by atoms with Crippen LogP contribution < -0.4 is 4.74 Å². The molecule has 0 atom stereocenters. The van der Waals surface area contributed by atoms with Crippen molar-refractivity contribution in [1.29, 1.82) is 0 Å². The van der Waals surface area contributed by atoms with E-state index in [4.69, 9.17) is 4.74 Å². The molecular formula is C19H21N3OS. The zero-order chi connectivity index (χ0) is 16.9. The summed E-state index contributed by atoms with van der Waals surface area (Å²) in [5.41, 5.74) is 3.53. The molecule has 2 aromatic carbocycles. The highest BCUT2D eigenvalue weighted by molar-refractivity contribution is 7.99. The van der Waals surface area contributed by atoms with E-state index in [9.17, 15) is 0 Å². The summed E-state index contributed by atoms with van der Waals surface area (Å²) in [6, 6.07) is 16.6. The number of hydrogen-bond donors (Lipinski definition) is 0. The van der Waals surface area contributed by atoms with Gasteiger partial charge in [0.2, 0.25) is 0 Å². The highest BCUT2D eigenvalue weighted by Gasteiger charge is 2.14. The minimum Gasteiger partial charge on any atom is -0.497 e. The normalized spacial score (nSPS) is 10.8. The fraction of sp³-hybridized carbons (Fsp3) is 0.263. The van der Waals surface area contributed by atoms with Crippen molar-refractivity contribution in [2.45, 2.75) is 25.4 Å². The van der Waals surface area contributed by atoms with Crippen LogP contribution in [0.25, 0.3) is 5.69 Å². The van der Waals surface area contributed by atoms with E-state index in [1.807, 2.05) is 12.1 Å². The van der Waals surface area contributed by atoms with E-state index in [1.165, 1.54) is 11.1 Å². The lowest BCUT2D eigenvalue weighted by molar-refractivity contribution is 0.414. The van der Waals surface area contributed by atoms with Gasteiger partial charge in [0.05, 0.1) is 7.11 Å². The molecule has 0 aliphatic rings. The van der Waals surface area contributed by atoms with E-state index in [0.29, 0.717) is 0 Å². The Morgan fingerprint density at radius 2 is 1.71 bits per heavy atom. The Balaban J connectivity index is 1.96. The van der Waals surface area contributed by atoms with E-state index in [1.54, 1.807) is 18.9 Å². The Kier molecular flexibility index (Phi) is 5.20. The van der Waals surface area contributed by atoms with Crippen molar-refractivity contribution in [2.24, 2.45) is 0 Å². The number of nitrogens with zero attached hydrogens (tertiary/aromatic N) is 3. The van der Waals surface area contributed by atoms with Gasteiger partial charge in [-0.05, 0) is 42.5 Å². The summed E-state index contributed by atoms with van der Waals surface area (Å²) in [5, 5.41) is 9.75. The molecule has 24 heavy (non-hydrogen) atoms. The van der Waals surface area contributed by atoms with Gasteiger partial charge >= 0.3 is 0 Å². The second-order valence-corrected chi connectivity index (χ2v) is 6.76. The van der Waals surface area contributed by atoms with E-state index in [-0.39, 0.29) is 0 Å². The maximum atomic E-state index is 5.22. The van der Waals surface area contributed by atoms with Gasteiger partial charge in [0.25, 0.3) is 0 Å². The molecule has 1 heterocycles. The molecule has 0 N–H and O–H groups in total. The average Bonchev–Trinajstić information content (AvgIpc) is 2.99. The zero-order valence-corrected chi connectivity index (χ0v) is 15.0. The van der Waals surface area contributed by atoms with Crippen LogP contribution in [0.3, 0.4) is 0 Å². The van der Waals surface area contributed by atoms with Crippen LogP contribution in [-0.2, 0) is 6.42 Å². The van der Waals surface area contributed by atoms with E-state index in [2.05, 4.69) is 65.0 Å². The first-order valence-electron chi connectivity index (χ1n) is 7.98. The van der Waals surface area contributed by atoms with Gasteiger partial charge in [-0.15, -0.1) is 10.2 Å². The second kappa shape index (κ2) is 7.53. The van der Waals surface area contributed by atoms with Crippen LogP contribution in [0.5, 0.6) is 5.75 Å². The van der Waals surface area contributed by atoms with Crippen molar-refractivity contribution in [3.63, 3.8) is 0 Å². The molecular weight excluding hydrogens is 318 g/mol. The fourth-order valence-corrected chi connectivity index (χ4v) is 3.21. The first-order valence-corrected chi connectivity index (χ1v) is 8.97. The molecule has 0 saturated carbocycles. The summed E-state index contributed by atoms with van der Waals surface area (Å²) in [7, 11) is 1.68. The maximum absolute atomic E-state index is 5.22. The molecule has 0 aliphatic carbocycles. The van der Waals surface area contributed by atoms with Gasteiger partial charge in [-0.2, -0.15) is 0 Å². The largest absolute Gasteiger partial charge is 0.497 e. The highest BCUT2D eigenvalue weighted by Crippen LogP contribution is 2.24. The van der Waals surface area contributed by atoms with Crippen molar-refractivity contribution < 1.29 is 4.74 Å². The molecule has 0 amide bonds. The van der Waals surface area contributed by atoms with Crippen LogP contribution >= 0.6 is 11.8 Å².